The summed E-state index contributed by atoms with van der Waals surface area (Å²) >= 11 is 0. The Morgan fingerprint density at radius 3 is 2.25 bits per heavy atom. The van der Waals surface area contributed by atoms with Crippen molar-refractivity contribution in [2.45, 2.75) is 58.3 Å². The first-order valence-electron chi connectivity index (χ1n) is 8.90. The molecule has 0 N–H and O–H groups in total. The standard InChI is InChI=1S/C20H27FN2O/c1-3-4-5-6-7-8-9-10-17-15-22-20(23-19(17)21)16-11-13-18(24-2)14-12-16/h11-15H,3-10H2,1-2H3. The van der Waals surface area contributed by atoms with Crippen molar-refractivity contribution in [3.05, 3.63) is 42.0 Å². The van der Waals surface area contributed by atoms with Crippen LogP contribution in [0.4, 0.5) is 4.39 Å². The third-order valence-corrected chi connectivity index (χ3v) is 4.21. The summed E-state index contributed by atoms with van der Waals surface area (Å²) in [6.45, 7) is 2.22. The van der Waals surface area contributed by atoms with Crippen molar-refractivity contribution >= 4 is 0 Å². The monoisotopic (exact) mass is 330 g/mol. The number of nitrogens with zero attached hydrogens (tertiary/aromatic N) is 2. The zero-order valence-electron chi connectivity index (χ0n) is 14.7. The van der Waals surface area contributed by atoms with Crippen LogP contribution in [-0.2, 0) is 6.42 Å². The number of hydrogen-bond acceptors (Lipinski definition) is 3. The van der Waals surface area contributed by atoms with Crippen molar-refractivity contribution in [2.24, 2.45) is 0 Å². The van der Waals surface area contributed by atoms with Crippen LogP contribution in [0.5, 0.6) is 5.75 Å². The normalized spacial score (nSPS) is 10.8. The Kier molecular flexibility index (Phi) is 7.66. The average molecular weight is 330 g/mol. The molecule has 3 nitrogen and oxygen atoms in total. The number of hydrogen-bond donors (Lipinski definition) is 0. The van der Waals surface area contributed by atoms with Crippen LogP contribution in [0.3, 0.4) is 0 Å². The van der Waals surface area contributed by atoms with Gasteiger partial charge in [0, 0.05) is 17.3 Å². The highest BCUT2D eigenvalue weighted by molar-refractivity contribution is 5.56. The van der Waals surface area contributed by atoms with Crippen LogP contribution in [0.25, 0.3) is 11.4 Å². The number of methoxy groups -OCH3 is 1. The van der Waals surface area contributed by atoms with E-state index in [1.807, 2.05) is 24.3 Å². The molecule has 0 aliphatic heterocycles. The van der Waals surface area contributed by atoms with E-state index in [1.54, 1.807) is 13.3 Å². The Bertz CT molecular complexity index is 614. The van der Waals surface area contributed by atoms with Crippen LogP contribution in [0, 0.1) is 5.95 Å². The fraction of sp³-hybridized carbons (Fsp3) is 0.500. The first kappa shape index (κ1) is 18.4. The van der Waals surface area contributed by atoms with Gasteiger partial charge in [0.05, 0.1) is 7.11 Å². The highest BCUT2D eigenvalue weighted by Crippen LogP contribution is 2.20. The Balaban J connectivity index is 1.85. The number of halogens is 1. The molecule has 4 heteroatoms. The van der Waals surface area contributed by atoms with E-state index >= 15 is 0 Å². The maximum Gasteiger partial charge on any atom is 0.219 e. The van der Waals surface area contributed by atoms with Gasteiger partial charge in [-0.25, -0.2) is 4.98 Å². The summed E-state index contributed by atoms with van der Waals surface area (Å²) in [4.78, 5) is 8.33. The van der Waals surface area contributed by atoms with Gasteiger partial charge in [-0.15, -0.1) is 0 Å². The van der Waals surface area contributed by atoms with Crippen LogP contribution >= 0.6 is 0 Å². The van der Waals surface area contributed by atoms with Crippen LogP contribution in [0.1, 0.15) is 57.4 Å². The minimum absolute atomic E-state index is 0.401. The zero-order chi connectivity index (χ0) is 17.2. The quantitative estimate of drug-likeness (QED) is 0.421. The Hall–Kier alpha value is -1.97. The van der Waals surface area contributed by atoms with Crippen LogP contribution in [0.15, 0.2) is 30.5 Å². The molecular weight excluding hydrogens is 303 g/mol. The lowest BCUT2D eigenvalue weighted by molar-refractivity contribution is 0.415. The minimum Gasteiger partial charge on any atom is -0.497 e. The Morgan fingerprint density at radius 1 is 0.958 bits per heavy atom. The van der Waals surface area contributed by atoms with Gasteiger partial charge in [-0.05, 0) is 37.1 Å². The molecule has 0 radical (unpaired) electrons. The largest absolute Gasteiger partial charge is 0.497 e. The summed E-state index contributed by atoms with van der Waals surface area (Å²) in [5.74, 6) is 0.773. The van der Waals surface area contributed by atoms with Crippen molar-refractivity contribution in [3.63, 3.8) is 0 Å². The molecule has 1 aromatic carbocycles. The third kappa shape index (κ3) is 5.59. The van der Waals surface area contributed by atoms with Gasteiger partial charge in [0.1, 0.15) is 5.75 Å². The average Bonchev–Trinajstić information content (AvgIpc) is 2.62. The van der Waals surface area contributed by atoms with E-state index < -0.39 is 5.95 Å². The number of unbranched alkanes of at least 4 members (excludes halogenated alkanes) is 6. The number of rotatable bonds is 10. The molecule has 24 heavy (non-hydrogen) atoms. The SMILES string of the molecule is CCCCCCCCCc1cnc(-c2ccc(OC)cc2)nc1F. The van der Waals surface area contributed by atoms with E-state index in [-0.39, 0.29) is 0 Å². The van der Waals surface area contributed by atoms with E-state index in [9.17, 15) is 4.39 Å². The van der Waals surface area contributed by atoms with Crippen molar-refractivity contribution < 1.29 is 9.13 Å². The fourth-order valence-electron chi connectivity index (χ4n) is 2.71. The van der Waals surface area contributed by atoms with E-state index in [0.717, 1.165) is 24.2 Å². The topological polar surface area (TPSA) is 35.0 Å². The first-order valence-corrected chi connectivity index (χ1v) is 8.90. The molecule has 0 atom stereocenters. The molecule has 2 aromatic rings. The lowest BCUT2D eigenvalue weighted by Crippen LogP contribution is -1.99. The van der Waals surface area contributed by atoms with Gasteiger partial charge in [-0.3, -0.25) is 0 Å². The number of ether oxygens (including phenoxy) is 1. The van der Waals surface area contributed by atoms with E-state index in [4.69, 9.17) is 4.74 Å². The molecular formula is C20H27FN2O. The molecule has 0 saturated heterocycles. The second-order valence-corrected chi connectivity index (χ2v) is 6.11. The van der Waals surface area contributed by atoms with Crippen LogP contribution < -0.4 is 4.74 Å². The molecule has 0 saturated carbocycles. The molecule has 2 rings (SSSR count). The molecule has 1 aromatic heterocycles. The van der Waals surface area contributed by atoms with E-state index in [1.165, 1.54) is 32.1 Å². The molecule has 0 spiro atoms. The highest BCUT2D eigenvalue weighted by atomic mass is 19.1. The zero-order valence-corrected chi connectivity index (χ0v) is 14.7. The number of aryl methyl sites for hydroxylation is 1. The van der Waals surface area contributed by atoms with Crippen molar-refractivity contribution in [3.8, 4) is 17.1 Å². The second kappa shape index (κ2) is 10.0. The van der Waals surface area contributed by atoms with Crippen molar-refractivity contribution in [1.29, 1.82) is 0 Å². The van der Waals surface area contributed by atoms with Crippen LogP contribution in [-0.4, -0.2) is 17.1 Å². The Labute approximate surface area is 144 Å². The first-order chi connectivity index (χ1) is 11.7. The highest BCUT2D eigenvalue weighted by Gasteiger charge is 2.08. The predicted octanol–water partition coefficient (Wildman–Crippen LogP) is 5.58. The lowest BCUT2D eigenvalue weighted by atomic mass is 10.1. The van der Waals surface area contributed by atoms with Gasteiger partial charge in [-0.2, -0.15) is 9.37 Å². The number of aromatic nitrogens is 2. The molecule has 0 fully saturated rings. The summed E-state index contributed by atoms with van der Waals surface area (Å²) in [7, 11) is 1.61. The minimum atomic E-state index is -0.401. The van der Waals surface area contributed by atoms with Crippen molar-refractivity contribution in [1.82, 2.24) is 9.97 Å². The fourth-order valence-corrected chi connectivity index (χ4v) is 2.71. The summed E-state index contributed by atoms with van der Waals surface area (Å²) < 4.78 is 19.3. The van der Waals surface area contributed by atoms with Crippen LogP contribution in [0.2, 0.25) is 0 Å². The molecule has 130 valence electrons. The van der Waals surface area contributed by atoms with Gasteiger partial charge in [0.2, 0.25) is 5.95 Å². The summed E-state index contributed by atoms with van der Waals surface area (Å²) in [6.07, 6.45) is 10.9. The van der Waals surface area contributed by atoms with E-state index in [0.29, 0.717) is 17.8 Å². The molecule has 0 aliphatic rings. The molecule has 1 heterocycles. The third-order valence-electron chi connectivity index (χ3n) is 4.21. The van der Waals surface area contributed by atoms with Gasteiger partial charge >= 0.3 is 0 Å². The van der Waals surface area contributed by atoms with Gasteiger partial charge in [0.25, 0.3) is 0 Å². The summed E-state index contributed by atoms with van der Waals surface area (Å²) in [5, 5.41) is 0. The maximum absolute atomic E-state index is 14.2. The molecule has 0 amide bonds. The molecule has 0 aliphatic carbocycles. The van der Waals surface area contributed by atoms with Gasteiger partial charge < -0.3 is 4.74 Å². The van der Waals surface area contributed by atoms with Crippen molar-refractivity contribution in [2.75, 3.05) is 7.11 Å². The summed E-state index contributed by atoms with van der Waals surface area (Å²) in [5.41, 5.74) is 1.40. The molecule has 0 unspecified atom stereocenters. The lowest BCUT2D eigenvalue weighted by Gasteiger charge is -2.06. The molecule has 0 bridgehead atoms. The van der Waals surface area contributed by atoms with Gasteiger partial charge in [0.15, 0.2) is 5.82 Å². The predicted molar refractivity (Wildman–Crippen MR) is 95.7 cm³/mol. The maximum atomic E-state index is 14.2. The smallest absolute Gasteiger partial charge is 0.219 e. The van der Waals surface area contributed by atoms with E-state index in [2.05, 4.69) is 16.9 Å². The summed E-state index contributed by atoms with van der Waals surface area (Å²) in [6, 6.07) is 7.32. The van der Waals surface area contributed by atoms with Gasteiger partial charge in [-0.1, -0.05) is 45.4 Å². The Morgan fingerprint density at radius 2 is 1.62 bits per heavy atom. The number of benzene rings is 1. The second-order valence-electron chi connectivity index (χ2n) is 6.11.